The molecule has 2 aliphatic rings. The Balaban J connectivity index is 1.53. The van der Waals surface area contributed by atoms with Gasteiger partial charge in [0.25, 0.3) is 0 Å². The standard InChI is InChI=1S/C18H22N4O2S/c19-17-22-21-16(25-17)18(8-4-1-5-9-18)20-15(23)13-10-12-6-2-3-7-14(12)24-11-13/h2-3,6-7,13H,1,4-5,8-11H2,(H2,19,22)(H,20,23). The molecule has 1 aromatic heterocycles. The first-order chi connectivity index (χ1) is 12.2. The van der Waals surface area contributed by atoms with Crippen LogP contribution in [0.4, 0.5) is 5.13 Å². The van der Waals surface area contributed by atoms with Gasteiger partial charge in [-0.1, -0.05) is 48.8 Å². The quantitative estimate of drug-likeness (QED) is 0.880. The van der Waals surface area contributed by atoms with Gasteiger partial charge in [0.1, 0.15) is 17.4 Å². The summed E-state index contributed by atoms with van der Waals surface area (Å²) < 4.78 is 5.78. The zero-order valence-electron chi connectivity index (χ0n) is 14.0. The van der Waals surface area contributed by atoms with Crippen molar-refractivity contribution in [3.05, 3.63) is 34.8 Å². The van der Waals surface area contributed by atoms with Crippen LogP contribution in [0.25, 0.3) is 0 Å². The number of carbonyl (C=O) groups excluding carboxylic acids is 1. The number of hydrogen-bond acceptors (Lipinski definition) is 6. The molecule has 1 fully saturated rings. The minimum Gasteiger partial charge on any atom is -0.492 e. The molecule has 4 rings (SSSR count). The monoisotopic (exact) mass is 358 g/mol. The number of nitrogens with one attached hydrogen (secondary N) is 1. The molecule has 0 radical (unpaired) electrons. The largest absolute Gasteiger partial charge is 0.492 e. The number of fused-ring (bicyclic) bond motifs is 1. The summed E-state index contributed by atoms with van der Waals surface area (Å²) in [6.45, 7) is 0.414. The van der Waals surface area contributed by atoms with Crippen molar-refractivity contribution in [2.24, 2.45) is 5.92 Å². The Kier molecular flexibility index (Phi) is 4.33. The number of benzene rings is 1. The zero-order valence-corrected chi connectivity index (χ0v) is 14.8. The van der Waals surface area contributed by atoms with Crippen LogP contribution in [0.1, 0.15) is 42.7 Å². The van der Waals surface area contributed by atoms with Crippen molar-refractivity contribution in [2.75, 3.05) is 12.3 Å². The Morgan fingerprint density at radius 3 is 2.80 bits per heavy atom. The van der Waals surface area contributed by atoms with E-state index >= 15 is 0 Å². The summed E-state index contributed by atoms with van der Waals surface area (Å²) in [5.41, 5.74) is 6.44. The van der Waals surface area contributed by atoms with Crippen molar-refractivity contribution in [3.8, 4) is 5.75 Å². The molecule has 1 aromatic carbocycles. The summed E-state index contributed by atoms with van der Waals surface area (Å²) in [4.78, 5) is 13.0. The molecule has 1 aliphatic carbocycles. The smallest absolute Gasteiger partial charge is 0.227 e. The van der Waals surface area contributed by atoms with Crippen LogP contribution in [-0.2, 0) is 16.8 Å². The summed E-state index contributed by atoms with van der Waals surface area (Å²) in [5, 5.41) is 12.8. The number of para-hydroxylation sites is 1. The van der Waals surface area contributed by atoms with Gasteiger partial charge in [-0.2, -0.15) is 0 Å². The Hall–Kier alpha value is -2.15. The molecular weight excluding hydrogens is 336 g/mol. The zero-order chi connectivity index (χ0) is 17.3. The molecule has 1 atom stereocenters. The Morgan fingerprint density at radius 1 is 1.24 bits per heavy atom. The first kappa shape index (κ1) is 16.3. The maximum atomic E-state index is 13.0. The molecule has 1 unspecified atom stereocenters. The lowest BCUT2D eigenvalue weighted by atomic mass is 9.81. The first-order valence-electron chi connectivity index (χ1n) is 8.78. The van der Waals surface area contributed by atoms with Gasteiger partial charge in [-0.15, -0.1) is 10.2 Å². The van der Waals surface area contributed by atoms with E-state index in [4.69, 9.17) is 10.5 Å². The van der Waals surface area contributed by atoms with Crippen LogP contribution < -0.4 is 15.8 Å². The number of aromatic nitrogens is 2. The molecule has 2 heterocycles. The fraction of sp³-hybridized carbons (Fsp3) is 0.500. The van der Waals surface area contributed by atoms with E-state index in [-0.39, 0.29) is 11.8 Å². The van der Waals surface area contributed by atoms with Crippen LogP contribution in [0, 0.1) is 5.92 Å². The molecular formula is C18H22N4O2S. The SMILES string of the molecule is Nc1nnc(C2(NC(=O)C3COc4ccccc4C3)CCCCC2)s1. The molecule has 1 aliphatic heterocycles. The van der Waals surface area contributed by atoms with Crippen molar-refractivity contribution in [1.82, 2.24) is 15.5 Å². The predicted octanol–water partition coefficient (Wildman–Crippen LogP) is 2.65. The number of rotatable bonds is 3. The third-order valence-electron chi connectivity index (χ3n) is 5.17. The van der Waals surface area contributed by atoms with Crippen LogP contribution in [0.2, 0.25) is 0 Å². The minimum atomic E-state index is -0.429. The molecule has 3 N–H and O–H groups in total. The number of nitrogens with two attached hydrogens (primary N) is 1. The highest BCUT2D eigenvalue weighted by Crippen LogP contribution is 2.39. The number of anilines is 1. The number of nitrogen functional groups attached to an aromatic ring is 1. The van der Waals surface area contributed by atoms with Crippen molar-refractivity contribution >= 4 is 22.4 Å². The van der Waals surface area contributed by atoms with Gasteiger partial charge in [-0.3, -0.25) is 4.79 Å². The number of ether oxygens (including phenoxy) is 1. The average molecular weight is 358 g/mol. The number of hydrogen-bond donors (Lipinski definition) is 2. The van der Waals surface area contributed by atoms with E-state index in [0.717, 1.165) is 42.0 Å². The van der Waals surface area contributed by atoms with Crippen LogP contribution >= 0.6 is 11.3 Å². The van der Waals surface area contributed by atoms with Gasteiger partial charge in [0, 0.05) is 0 Å². The molecule has 0 spiro atoms. The van der Waals surface area contributed by atoms with E-state index in [9.17, 15) is 4.79 Å². The van der Waals surface area contributed by atoms with Crippen LogP contribution in [0.3, 0.4) is 0 Å². The summed E-state index contributed by atoms with van der Waals surface area (Å²) in [6.07, 6.45) is 5.81. The van der Waals surface area contributed by atoms with Gasteiger partial charge < -0.3 is 15.8 Å². The minimum absolute atomic E-state index is 0.0326. The highest BCUT2D eigenvalue weighted by molar-refractivity contribution is 7.15. The van der Waals surface area contributed by atoms with E-state index in [1.165, 1.54) is 17.8 Å². The van der Waals surface area contributed by atoms with Crippen LogP contribution in [-0.4, -0.2) is 22.7 Å². The number of carbonyl (C=O) groups is 1. The highest BCUT2D eigenvalue weighted by Gasteiger charge is 2.40. The second-order valence-electron chi connectivity index (χ2n) is 6.90. The molecule has 1 amide bonds. The van der Waals surface area contributed by atoms with Gasteiger partial charge in [-0.25, -0.2) is 0 Å². The Bertz CT molecular complexity index is 770. The maximum absolute atomic E-state index is 13.0. The van der Waals surface area contributed by atoms with Gasteiger partial charge >= 0.3 is 0 Å². The van der Waals surface area contributed by atoms with Gasteiger partial charge in [0.2, 0.25) is 11.0 Å². The molecule has 1 saturated carbocycles. The van der Waals surface area contributed by atoms with E-state index in [0.29, 0.717) is 18.2 Å². The third-order valence-corrected chi connectivity index (χ3v) is 6.13. The predicted molar refractivity (Wildman–Crippen MR) is 96.4 cm³/mol. The Labute approximate surface area is 150 Å². The molecule has 132 valence electrons. The summed E-state index contributed by atoms with van der Waals surface area (Å²) in [7, 11) is 0. The fourth-order valence-corrected chi connectivity index (χ4v) is 4.62. The van der Waals surface area contributed by atoms with E-state index in [2.05, 4.69) is 15.5 Å². The first-order valence-corrected chi connectivity index (χ1v) is 9.60. The Morgan fingerprint density at radius 2 is 2.04 bits per heavy atom. The topological polar surface area (TPSA) is 90.1 Å². The van der Waals surface area contributed by atoms with E-state index in [1.807, 2.05) is 24.3 Å². The lowest BCUT2D eigenvalue weighted by molar-refractivity contribution is -0.129. The van der Waals surface area contributed by atoms with Crippen molar-refractivity contribution in [3.63, 3.8) is 0 Å². The summed E-state index contributed by atoms with van der Waals surface area (Å²) in [6, 6.07) is 7.91. The lowest BCUT2D eigenvalue weighted by Crippen LogP contribution is -2.50. The molecule has 6 nitrogen and oxygen atoms in total. The second-order valence-corrected chi connectivity index (χ2v) is 7.91. The van der Waals surface area contributed by atoms with Gasteiger partial charge in [0.15, 0.2) is 0 Å². The molecule has 7 heteroatoms. The average Bonchev–Trinajstić information content (AvgIpc) is 3.09. The maximum Gasteiger partial charge on any atom is 0.227 e. The normalized spacial score (nSPS) is 21.8. The second kappa shape index (κ2) is 6.63. The van der Waals surface area contributed by atoms with Crippen molar-refractivity contribution in [2.45, 2.75) is 44.1 Å². The summed E-state index contributed by atoms with van der Waals surface area (Å²) >= 11 is 1.38. The number of nitrogens with zero attached hydrogens (tertiary/aromatic N) is 2. The van der Waals surface area contributed by atoms with Crippen LogP contribution in [0.5, 0.6) is 5.75 Å². The summed E-state index contributed by atoms with van der Waals surface area (Å²) in [5.74, 6) is 0.736. The van der Waals surface area contributed by atoms with Gasteiger partial charge in [0.05, 0.1) is 11.5 Å². The molecule has 0 saturated heterocycles. The highest BCUT2D eigenvalue weighted by atomic mass is 32.1. The van der Waals surface area contributed by atoms with Crippen molar-refractivity contribution in [1.29, 1.82) is 0 Å². The van der Waals surface area contributed by atoms with E-state index in [1.54, 1.807) is 0 Å². The van der Waals surface area contributed by atoms with Gasteiger partial charge in [-0.05, 0) is 30.9 Å². The van der Waals surface area contributed by atoms with Crippen molar-refractivity contribution < 1.29 is 9.53 Å². The molecule has 0 bridgehead atoms. The molecule has 2 aromatic rings. The number of amides is 1. The fourth-order valence-electron chi connectivity index (χ4n) is 3.81. The van der Waals surface area contributed by atoms with E-state index < -0.39 is 5.54 Å². The molecule has 25 heavy (non-hydrogen) atoms. The lowest BCUT2D eigenvalue weighted by Gasteiger charge is -2.37. The van der Waals surface area contributed by atoms with Crippen LogP contribution in [0.15, 0.2) is 24.3 Å². The third kappa shape index (κ3) is 3.20.